The van der Waals surface area contributed by atoms with E-state index >= 15 is 0 Å². The van der Waals surface area contributed by atoms with Crippen molar-refractivity contribution in [2.24, 2.45) is 11.1 Å². The first kappa shape index (κ1) is 16.1. The molecule has 0 aliphatic carbocycles. The van der Waals surface area contributed by atoms with Crippen LogP contribution in [0.25, 0.3) is 0 Å². The van der Waals surface area contributed by atoms with E-state index in [1.807, 2.05) is 13.8 Å². The molecule has 1 atom stereocenters. The van der Waals surface area contributed by atoms with Gasteiger partial charge < -0.3 is 20.7 Å². The van der Waals surface area contributed by atoms with Crippen LogP contribution in [-0.4, -0.2) is 54.8 Å². The second kappa shape index (κ2) is 6.05. The zero-order chi connectivity index (χ0) is 16.6. The maximum absolute atomic E-state index is 11.4. The van der Waals surface area contributed by atoms with Crippen LogP contribution in [0, 0.1) is 19.3 Å². The SMILES string of the molecule is Cc1nc(C(N)=O)nc(N2CC[C@@H](NCC3(C)COC3)C2)c1C. The number of hydrogen-bond donors (Lipinski definition) is 2. The minimum Gasteiger partial charge on any atom is -0.380 e. The Balaban J connectivity index is 1.67. The monoisotopic (exact) mass is 319 g/mol. The highest BCUT2D eigenvalue weighted by Crippen LogP contribution is 2.27. The molecule has 7 heteroatoms. The fraction of sp³-hybridized carbons (Fsp3) is 0.688. The third-order valence-electron chi connectivity index (χ3n) is 4.79. The molecule has 1 amide bonds. The summed E-state index contributed by atoms with van der Waals surface area (Å²) in [5.74, 6) is 0.341. The van der Waals surface area contributed by atoms with Gasteiger partial charge in [-0.1, -0.05) is 6.92 Å². The molecule has 2 fully saturated rings. The van der Waals surface area contributed by atoms with E-state index in [1.54, 1.807) is 0 Å². The van der Waals surface area contributed by atoms with Gasteiger partial charge in [0.15, 0.2) is 0 Å². The Labute approximate surface area is 136 Å². The van der Waals surface area contributed by atoms with Crippen molar-refractivity contribution >= 4 is 11.7 Å². The van der Waals surface area contributed by atoms with Crippen molar-refractivity contribution in [3.05, 3.63) is 17.1 Å². The van der Waals surface area contributed by atoms with Crippen molar-refractivity contribution in [1.82, 2.24) is 15.3 Å². The van der Waals surface area contributed by atoms with Crippen molar-refractivity contribution in [3.63, 3.8) is 0 Å². The molecular weight excluding hydrogens is 294 g/mol. The van der Waals surface area contributed by atoms with Crippen molar-refractivity contribution in [2.75, 3.05) is 37.7 Å². The zero-order valence-corrected chi connectivity index (χ0v) is 14.1. The molecule has 3 heterocycles. The fourth-order valence-corrected chi connectivity index (χ4v) is 3.09. The largest absolute Gasteiger partial charge is 0.380 e. The summed E-state index contributed by atoms with van der Waals surface area (Å²) in [5.41, 5.74) is 7.42. The van der Waals surface area contributed by atoms with Gasteiger partial charge >= 0.3 is 0 Å². The molecule has 2 saturated heterocycles. The lowest BCUT2D eigenvalue weighted by Gasteiger charge is -2.39. The standard InChI is InChI=1S/C16H25N5O2/c1-10-11(2)19-14(13(17)22)20-15(10)21-5-4-12(6-21)18-7-16(3)8-23-9-16/h12,18H,4-9H2,1-3H3,(H2,17,22)/t12-/m1/s1. The highest BCUT2D eigenvalue weighted by molar-refractivity contribution is 5.89. The van der Waals surface area contributed by atoms with E-state index in [0.29, 0.717) is 6.04 Å². The first-order chi connectivity index (χ1) is 10.9. The van der Waals surface area contributed by atoms with Gasteiger partial charge in [-0.25, -0.2) is 9.97 Å². The summed E-state index contributed by atoms with van der Waals surface area (Å²) in [6.07, 6.45) is 1.06. The topological polar surface area (TPSA) is 93.4 Å². The van der Waals surface area contributed by atoms with Crippen LogP contribution in [0.4, 0.5) is 5.82 Å². The number of hydrogen-bond acceptors (Lipinski definition) is 6. The second-order valence-electron chi connectivity index (χ2n) is 7.06. The Hall–Kier alpha value is -1.73. The summed E-state index contributed by atoms with van der Waals surface area (Å²) >= 11 is 0. The third kappa shape index (κ3) is 3.30. The zero-order valence-electron chi connectivity index (χ0n) is 14.1. The molecule has 0 radical (unpaired) electrons. The van der Waals surface area contributed by atoms with Crippen molar-refractivity contribution in [1.29, 1.82) is 0 Å². The lowest BCUT2D eigenvalue weighted by Crippen LogP contribution is -2.50. The second-order valence-corrected chi connectivity index (χ2v) is 7.06. The number of carbonyl (C=O) groups is 1. The number of nitrogens with zero attached hydrogens (tertiary/aromatic N) is 3. The molecule has 0 aromatic carbocycles. The normalized spacial score (nSPS) is 22.9. The minimum atomic E-state index is -0.582. The van der Waals surface area contributed by atoms with Gasteiger partial charge in [-0.05, 0) is 20.3 Å². The first-order valence-electron chi connectivity index (χ1n) is 8.09. The molecule has 2 aliphatic rings. The number of amides is 1. The van der Waals surface area contributed by atoms with E-state index in [-0.39, 0.29) is 11.2 Å². The number of aryl methyl sites for hydroxylation is 1. The van der Waals surface area contributed by atoms with Crippen molar-refractivity contribution in [3.8, 4) is 0 Å². The summed E-state index contributed by atoms with van der Waals surface area (Å²) < 4.78 is 5.30. The van der Waals surface area contributed by atoms with E-state index in [0.717, 1.165) is 56.3 Å². The van der Waals surface area contributed by atoms with Gasteiger partial charge in [0.1, 0.15) is 5.82 Å². The molecule has 0 unspecified atom stereocenters. The average Bonchev–Trinajstić information content (AvgIpc) is 2.94. The third-order valence-corrected chi connectivity index (χ3v) is 4.79. The van der Waals surface area contributed by atoms with Crippen LogP contribution in [0.15, 0.2) is 0 Å². The van der Waals surface area contributed by atoms with Gasteiger partial charge in [0, 0.05) is 42.3 Å². The van der Waals surface area contributed by atoms with Gasteiger partial charge in [-0.2, -0.15) is 0 Å². The molecule has 1 aromatic heterocycles. The number of anilines is 1. The van der Waals surface area contributed by atoms with Gasteiger partial charge in [0.25, 0.3) is 5.91 Å². The Morgan fingerprint density at radius 3 is 2.78 bits per heavy atom. The average molecular weight is 319 g/mol. The molecule has 3 N–H and O–H groups in total. The molecule has 0 spiro atoms. The van der Waals surface area contributed by atoms with Crippen molar-refractivity contribution < 1.29 is 9.53 Å². The predicted octanol–water partition coefficient (Wildman–Crippen LogP) is 0.397. The number of nitrogens with one attached hydrogen (secondary N) is 1. The van der Waals surface area contributed by atoms with Gasteiger partial charge in [0.05, 0.1) is 13.2 Å². The summed E-state index contributed by atoms with van der Waals surface area (Å²) in [6.45, 7) is 10.6. The van der Waals surface area contributed by atoms with Crippen LogP contribution in [0.5, 0.6) is 0 Å². The predicted molar refractivity (Wildman–Crippen MR) is 87.6 cm³/mol. The number of aromatic nitrogens is 2. The number of ether oxygens (including phenoxy) is 1. The highest BCUT2D eigenvalue weighted by Gasteiger charge is 2.34. The Morgan fingerprint density at radius 1 is 1.43 bits per heavy atom. The summed E-state index contributed by atoms with van der Waals surface area (Å²) in [4.78, 5) is 22.2. The molecule has 1 aromatic rings. The van der Waals surface area contributed by atoms with Gasteiger partial charge in [0.2, 0.25) is 5.82 Å². The molecule has 23 heavy (non-hydrogen) atoms. The maximum atomic E-state index is 11.4. The van der Waals surface area contributed by atoms with Crippen LogP contribution >= 0.6 is 0 Å². The van der Waals surface area contributed by atoms with E-state index in [9.17, 15) is 4.79 Å². The van der Waals surface area contributed by atoms with Crippen LogP contribution in [0.1, 0.15) is 35.2 Å². The van der Waals surface area contributed by atoms with Crippen LogP contribution in [0.3, 0.4) is 0 Å². The minimum absolute atomic E-state index is 0.0960. The quantitative estimate of drug-likeness (QED) is 0.816. The number of carbonyl (C=O) groups excluding carboxylic acids is 1. The lowest BCUT2D eigenvalue weighted by atomic mass is 9.88. The molecule has 3 rings (SSSR count). The van der Waals surface area contributed by atoms with E-state index in [1.165, 1.54) is 0 Å². The Bertz CT molecular complexity index is 615. The lowest BCUT2D eigenvalue weighted by molar-refractivity contribution is -0.0998. The number of primary amides is 1. The number of nitrogens with two attached hydrogens (primary N) is 1. The van der Waals surface area contributed by atoms with Gasteiger partial charge in [-0.3, -0.25) is 4.79 Å². The maximum Gasteiger partial charge on any atom is 0.286 e. The fourth-order valence-electron chi connectivity index (χ4n) is 3.09. The van der Waals surface area contributed by atoms with E-state index in [4.69, 9.17) is 10.5 Å². The molecule has 7 nitrogen and oxygen atoms in total. The first-order valence-corrected chi connectivity index (χ1v) is 8.09. The molecule has 2 aliphatic heterocycles. The summed E-state index contributed by atoms with van der Waals surface area (Å²) in [6, 6.07) is 0.430. The van der Waals surface area contributed by atoms with E-state index < -0.39 is 5.91 Å². The van der Waals surface area contributed by atoms with Crippen LogP contribution in [0.2, 0.25) is 0 Å². The van der Waals surface area contributed by atoms with Crippen LogP contribution in [-0.2, 0) is 4.74 Å². The Kier molecular flexibility index (Phi) is 4.25. The molecule has 0 bridgehead atoms. The van der Waals surface area contributed by atoms with Crippen molar-refractivity contribution in [2.45, 2.75) is 33.2 Å². The number of rotatable bonds is 5. The van der Waals surface area contributed by atoms with E-state index in [2.05, 4.69) is 27.1 Å². The molecule has 126 valence electrons. The van der Waals surface area contributed by atoms with Gasteiger partial charge in [-0.15, -0.1) is 0 Å². The highest BCUT2D eigenvalue weighted by atomic mass is 16.5. The summed E-state index contributed by atoms with van der Waals surface area (Å²) in [7, 11) is 0. The Morgan fingerprint density at radius 2 is 2.17 bits per heavy atom. The molecule has 0 saturated carbocycles. The summed E-state index contributed by atoms with van der Waals surface area (Å²) in [5, 5.41) is 3.64. The molecular formula is C16H25N5O2. The van der Waals surface area contributed by atoms with Crippen LogP contribution < -0.4 is 16.0 Å². The smallest absolute Gasteiger partial charge is 0.286 e.